The fourth-order valence-corrected chi connectivity index (χ4v) is 3.10. The van der Waals surface area contributed by atoms with E-state index in [2.05, 4.69) is 10.6 Å². The monoisotopic (exact) mass is 422 g/mol. The molecule has 1 unspecified atom stereocenters. The van der Waals surface area contributed by atoms with Crippen LogP contribution in [-0.2, 0) is 20.7 Å². The summed E-state index contributed by atoms with van der Waals surface area (Å²) in [5.74, 6) is -1.80. The maximum absolute atomic E-state index is 12.9. The minimum Gasteiger partial charge on any atom is -0.449 e. The van der Waals surface area contributed by atoms with Gasteiger partial charge in [0.2, 0.25) is 5.91 Å². The number of carbonyl (C=O) groups excluding carboxylic acids is 3. The summed E-state index contributed by atoms with van der Waals surface area (Å²) in [6.07, 6.45) is -0.512. The molecule has 2 N–H and O–H groups in total. The second-order valence-electron chi connectivity index (χ2n) is 7.14. The van der Waals surface area contributed by atoms with Crippen LogP contribution in [0.5, 0.6) is 0 Å². The Bertz CT molecular complexity index is 1110. The third kappa shape index (κ3) is 5.88. The standard InChI is InChI=1S/C24H23FN2O4/c1-15(23(29)26-12-11-17-7-9-20(25)10-8-17)31-24(30)21-13-18-5-3-4-6-19(18)14-22(21)27-16(2)28/h3-10,13-15H,11-12H2,1-2H3,(H,26,29)(H,27,28). The van der Waals surface area contributed by atoms with Crippen molar-refractivity contribution in [2.45, 2.75) is 26.4 Å². The van der Waals surface area contributed by atoms with Gasteiger partial charge in [-0.05, 0) is 53.9 Å². The van der Waals surface area contributed by atoms with Crippen LogP contribution in [0, 0.1) is 5.82 Å². The van der Waals surface area contributed by atoms with Crippen LogP contribution >= 0.6 is 0 Å². The van der Waals surface area contributed by atoms with Crippen molar-refractivity contribution in [1.29, 1.82) is 0 Å². The summed E-state index contributed by atoms with van der Waals surface area (Å²) < 4.78 is 18.3. The van der Waals surface area contributed by atoms with Crippen LogP contribution in [0.2, 0.25) is 0 Å². The van der Waals surface area contributed by atoms with Gasteiger partial charge in [-0.1, -0.05) is 36.4 Å². The molecule has 6 nitrogen and oxygen atoms in total. The molecule has 0 heterocycles. The number of nitrogens with one attached hydrogen (secondary N) is 2. The minimum absolute atomic E-state index is 0.167. The molecular formula is C24H23FN2O4. The molecule has 3 aromatic carbocycles. The highest BCUT2D eigenvalue weighted by Crippen LogP contribution is 2.25. The number of rotatable bonds is 7. The lowest BCUT2D eigenvalue weighted by molar-refractivity contribution is -0.129. The molecule has 0 radical (unpaired) electrons. The van der Waals surface area contributed by atoms with Crippen molar-refractivity contribution >= 4 is 34.2 Å². The smallest absolute Gasteiger partial charge is 0.341 e. The van der Waals surface area contributed by atoms with Crippen LogP contribution in [0.25, 0.3) is 10.8 Å². The van der Waals surface area contributed by atoms with Gasteiger partial charge in [0, 0.05) is 13.5 Å². The van der Waals surface area contributed by atoms with E-state index < -0.39 is 18.0 Å². The first-order valence-corrected chi connectivity index (χ1v) is 9.87. The molecule has 0 spiro atoms. The molecule has 160 valence electrons. The summed E-state index contributed by atoms with van der Waals surface area (Å²) in [4.78, 5) is 36.6. The second kappa shape index (κ2) is 9.84. The molecule has 0 fully saturated rings. The molecule has 0 aliphatic rings. The van der Waals surface area contributed by atoms with Crippen molar-refractivity contribution in [1.82, 2.24) is 5.32 Å². The Morgan fingerprint density at radius 1 is 1.00 bits per heavy atom. The van der Waals surface area contributed by atoms with E-state index in [0.29, 0.717) is 18.7 Å². The summed E-state index contributed by atoms with van der Waals surface area (Å²) in [7, 11) is 0. The van der Waals surface area contributed by atoms with Crippen LogP contribution < -0.4 is 10.6 Å². The zero-order chi connectivity index (χ0) is 22.4. The highest BCUT2D eigenvalue weighted by molar-refractivity contribution is 6.06. The highest BCUT2D eigenvalue weighted by atomic mass is 19.1. The van der Waals surface area contributed by atoms with Gasteiger partial charge in [-0.25, -0.2) is 9.18 Å². The van der Waals surface area contributed by atoms with E-state index in [1.54, 1.807) is 24.3 Å². The van der Waals surface area contributed by atoms with Gasteiger partial charge in [-0.2, -0.15) is 0 Å². The first-order valence-electron chi connectivity index (χ1n) is 9.87. The Morgan fingerprint density at radius 2 is 1.65 bits per heavy atom. The molecule has 0 aromatic heterocycles. The topological polar surface area (TPSA) is 84.5 Å². The van der Waals surface area contributed by atoms with Crippen LogP contribution in [0.15, 0.2) is 60.7 Å². The highest BCUT2D eigenvalue weighted by Gasteiger charge is 2.21. The molecule has 7 heteroatoms. The molecule has 31 heavy (non-hydrogen) atoms. The minimum atomic E-state index is -1.03. The second-order valence-corrected chi connectivity index (χ2v) is 7.14. The van der Waals surface area contributed by atoms with Crippen molar-refractivity contribution in [3.05, 3.63) is 77.6 Å². The molecule has 3 aromatic rings. The van der Waals surface area contributed by atoms with Gasteiger partial charge < -0.3 is 15.4 Å². The van der Waals surface area contributed by atoms with Gasteiger partial charge >= 0.3 is 5.97 Å². The first-order chi connectivity index (χ1) is 14.8. The quantitative estimate of drug-likeness (QED) is 0.567. The number of halogens is 1. The maximum atomic E-state index is 12.9. The van der Waals surface area contributed by atoms with Gasteiger partial charge in [0.15, 0.2) is 6.10 Å². The summed E-state index contributed by atoms with van der Waals surface area (Å²) in [5, 5.41) is 7.00. The Balaban J connectivity index is 1.65. The van der Waals surface area contributed by atoms with Crippen LogP contribution in [0.1, 0.15) is 29.8 Å². The number of carbonyl (C=O) groups is 3. The first kappa shape index (κ1) is 22.0. The number of fused-ring (bicyclic) bond motifs is 1. The van der Waals surface area contributed by atoms with E-state index >= 15 is 0 Å². The molecule has 2 amide bonds. The van der Waals surface area contributed by atoms with Gasteiger partial charge in [0.05, 0.1) is 11.3 Å². The number of amides is 2. The lowest BCUT2D eigenvalue weighted by Crippen LogP contribution is -2.37. The fraction of sp³-hybridized carbons (Fsp3) is 0.208. The number of esters is 1. The number of ether oxygens (including phenoxy) is 1. The Morgan fingerprint density at radius 3 is 2.29 bits per heavy atom. The van der Waals surface area contributed by atoms with Crippen molar-refractivity contribution in [2.75, 3.05) is 11.9 Å². The molecule has 3 rings (SSSR count). The number of benzene rings is 3. The van der Waals surface area contributed by atoms with Gasteiger partial charge in [-0.15, -0.1) is 0 Å². The summed E-state index contributed by atoms with van der Waals surface area (Å²) in [5.41, 5.74) is 1.36. The Kier molecular flexibility index (Phi) is 6.97. The molecule has 0 saturated heterocycles. The van der Waals surface area contributed by atoms with Crippen molar-refractivity contribution in [2.24, 2.45) is 0 Å². The van der Waals surface area contributed by atoms with Crippen LogP contribution in [-0.4, -0.2) is 30.4 Å². The predicted octanol–water partition coefficient (Wildman–Crippen LogP) is 3.84. The van der Waals surface area contributed by atoms with Gasteiger partial charge in [-0.3, -0.25) is 9.59 Å². The maximum Gasteiger partial charge on any atom is 0.341 e. The van der Waals surface area contributed by atoms with Crippen LogP contribution in [0.4, 0.5) is 10.1 Å². The lowest BCUT2D eigenvalue weighted by atomic mass is 10.0. The van der Waals surface area contributed by atoms with E-state index in [1.807, 2.05) is 24.3 Å². The third-order valence-electron chi connectivity index (χ3n) is 4.70. The third-order valence-corrected chi connectivity index (χ3v) is 4.70. The zero-order valence-corrected chi connectivity index (χ0v) is 17.3. The summed E-state index contributed by atoms with van der Waals surface area (Å²) in [6.45, 7) is 3.14. The molecule has 0 bridgehead atoms. The van der Waals surface area contributed by atoms with E-state index in [1.165, 1.54) is 26.0 Å². The van der Waals surface area contributed by atoms with Gasteiger partial charge in [0.1, 0.15) is 5.82 Å². The number of hydrogen-bond acceptors (Lipinski definition) is 4. The number of anilines is 1. The molecule has 0 aliphatic carbocycles. The summed E-state index contributed by atoms with van der Waals surface area (Å²) >= 11 is 0. The van der Waals surface area contributed by atoms with Crippen molar-refractivity contribution in [3.63, 3.8) is 0 Å². The number of hydrogen-bond donors (Lipinski definition) is 2. The average molecular weight is 422 g/mol. The normalized spacial score (nSPS) is 11.6. The van der Waals surface area contributed by atoms with E-state index in [-0.39, 0.29) is 17.3 Å². The Labute approximate surface area is 179 Å². The molecular weight excluding hydrogens is 399 g/mol. The zero-order valence-electron chi connectivity index (χ0n) is 17.3. The lowest BCUT2D eigenvalue weighted by Gasteiger charge is -2.16. The average Bonchev–Trinajstić information content (AvgIpc) is 2.74. The van der Waals surface area contributed by atoms with Crippen molar-refractivity contribution < 1.29 is 23.5 Å². The van der Waals surface area contributed by atoms with E-state index in [9.17, 15) is 18.8 Å². The largest absolute Gasteiger partial charge is 0.449 e. The van der Waals surface area contributed by atoms with E-state index in [4.69, 9.17) is 4.74 Å². The predicted molar refractivity (Wildman–Crippen MR) is 116 cm³/mol. The SMILES string of the molecule is CC(=O)Nc1cc2ccccc2cc1C(=O)OC(C)C(=O)NCCc1ccc(F)cc1. The molecule has 0 saturated carbocycles. The van der Waals surface area contributed by atoms with Crippen LogP contribution in [0.3, 0.4) is 0 Å². The summed E-state index contributed by atoms with van der Waals surface area (Å²) in [6, 6.07) is 16.7. The Hall–Kier alpha value is -3.74. The van der Waals surface area contributed by atoms with E-state index in [0.717, 1.165) is 16.3 Å². The molecule has 1 atom stereocenters. The van der Waals surface area contributed by atoms with Crippen molar-refractivity contribution in [3.8, 4) is 0 Å². The fourth-order valence-electron chi connectivity index (χ4n) is 3.10. The van der Waals surface area contributed by atoms with Gasteiger partial charge in [0.25, 0.3) is 5.91 Å². The molecule has 0 aliphatic heterocycles.